The molecule has 3 rings (SSSR count). The molecule has 23 heavy (non-hydrogen) atoms. The van der Waals surface area contributed by atoms with Crippen LogP contribution < -0.4 is 9.64 Å². The van der Waals surface area contributed by atoms with E-state index >= 15 is 0 Å². The van der Waals surface area contributed by atoms with E-state index in [1.807, 2.05) is 25.1 Å². The number of rotatable bonds is 5. The molecular formula is C18H25N3O2. The zero-order valence-electron chi connectivity index (χ0n) is 14.0. The number of nitrogens with zero attached hydrogens (tertiary/aromatic N) is 3. The molecule has 1 aromatic heterocycles. The summed E-state index contributed by atoms with van der Waals surface area (Å²) in [4.78, 5) is 11.8. The Hall–Kier alpha value is -1.88. The van der Waals surface area contributed by atoms with Crippen molar-refractivity contribution >= 4 is 16.9 Å². The number of ether oxygens (including phenoxy) is 1. The lowest BCUT2D eigenvalue weighted by Gasteiger charge is -2.33. The summed E-state index contributed by atoms with van der Waals surface area (Å²) in [6.07, 6.45) is 4.35. The lowest BCUT2D eigenvalue weighted by Crippen LogP contribution is -2.36. The van der Waals surface area contributed by atoms with Gasteiger partial charge in [0, 0.05) is 31.1 Å². The van der Waals surface area contributed by atoms with Gasteiger partial charge in [0.15, 0.2) is 0 Å². The van der Waals surface area contributed by atoms with Crippen molar-refractivity contribution in [1.82, 2.24) is 9.97 Å². The highest BCUT2D eigenvalue weighted by Crippen LogP contribution is 2.27. The summed E-state index contributed by atoms with van der Waals surface area (Å²) >= 11 is 0. The number of aliphatic hydroxyl groups excluding tert-OH is 1. The molecule has 0 amide bonds. The molecule has 2 heterocycles. The molecule has 0 radical (unpaired) electrons. The maximum absolute atomic E-state index is 9.03. The van der Waals surface area contributed by atoms with E-state index in [1.165, 1.54) is 6.42 Å². The van der Waals surface area contributed by atoms with Crippen molar-refractivity contribution in [3.8, 4) is 5.75 Å². The standard InChI is InChI=1S/C18H25N3O2/c1-13-16-8-7-15(23-2)11-17(16)20-18(19-13)21-9-3-5-14(12-21)6-4-10-22/h7-8,11,14,22H,3-6,9-10,12H2,1-2H3/t14-/m1/s1. The van der Waals surface area contributed by atoms with Crippen LogP contribution >= 0.6 is 0 Å². The van der Waals surface area contributed by atoms with Crippen LogP contribution in [0.1, 0.15) is 31.4 Å². The van der Waals surface area contributed by atoms with Gasteiger partial charge in [-0.1, -0.05) is 0 Å². The van der Waals surface area contributed by atoms with Gasteiger partial charge in [-0.15, -0.1) is 0 Å². The Kier molecular flexibility index (Phi) is 4.96. The normalized spacial score (nSPS) is 18.4. The molecule has 5 nitrogen and oxygen atoms in total. The summed E-state index contributed by atoms with van der Waals surface area (Å²) in [6.45, 7) is 4.30. The predicted octanol–water partition coefficient (Wildman–Crippen LogP) is 2.94. The molecule has 1 fully saturated rings. The van der Waals surface area contributed by atoms with Crippen molar-refractivity contribution in [2.45, 2.75) is 32.6 Å². The molecule has 1 N–H and O–H groups in total. The Morgan fingerprint density at radius 3 is 3.00 bits per heavy atom. The predicted molar refractivity (Wildman–Crippen MR) is 92.1 cm³/mol. The Balaban J connectivity index is 1.86. The first-order valence-electron chi connectivity index (χ1n) is 8.39. The minimum Gasteiger partial charge on any atom is -0.497 e. The summed E-state index contributed by atoms with van der Waals surface area (Å²) in [5, 5.41) is 10.1. The molecular weight excluding hydrogens is 290 g/mol. The van der Waals surface area contributed by atoms with Crippen molar-refractivity contribution in [2.75, 3.05) is 31.7 Å². The fourth-order valence-corrected chi connectivity index (χ4v) is 3.38. The SMILES string of the molecule is COc1ccc2c(C)nc(N3CCC[C@H](CCCO)C3)nc2c1. The van der Waals surface area contributed by atoms with Crippen LogP contribution in [-0.2, 0) is 0 Å². The van der Waals surface area contributed by atoms with Crippen LogP contribution in [0.25, 0.3) is 10.9 Å². The number of anilines is 1. The largest absolute Gasteiger partial charge is 0.497 e. The van der Waals surface area contributed by atoms with E-state index in [0.29, 0.717) is 5.92 Å². The van der Waals surface area contributed by atoms with Gasteiger partial charge in [-0.3, -0.25) is 0 Å². The molecule has 5 heteroatoms. The number of benzene rings is 1. The molecule has 2 aromatic rings. The van der Waals surface area contributed by atoms with Crippen molar-refractivity contribution in [3.05, 3.63) is 23.9 Å². The first kappa shape index (κ1) is 16.0. The van der Waals surface area contributed by atoms with Gasteiger partial charge in [0.25, 0.3) is 0 Å². The van der Waals surface area contributed by atoms with E-state index in [4.69, 9.17) is 19.8 Å². The minimum absolute atomic E-state index is 0.280. The van der Waals surface area contributed by atoms with Gasteiger partial charge in [0.05, 0.1) is 18.3 Å². The minimum atomic E-state index is 0.280. The van der Waals surface area contributed by atoms with E-state index in [1.54, 1.807) is 7.11 Å². The third-order valence-electron chi connectivity index (χ3n) is 4.66. The number of methoxy groups -OCH3 is 1. The second kappa shape index (κ2) is 7.13. The molecule has 1 aliphatic rings. The summed E-state index contributed by atoms with van der Waals surface area (Å²) < 4.78 is 5.31. The van der Waals surface area contributed by atoms with Gasteiger partial charge in [0.1, 0.15) is 5.75 Å². The summed E-state index contributed by atoms with van der Waals surface area (Å²) in [6, 6.07) is 5.94. The van der Waals surface area contributed by atoms with Gasteiger partial charge < -0.3 is 14.7 Å². The lowest BCUT2D eigenvalue weighted by atomic mass is 9.94. The van der Waals surface area contributed by atoms with Crippen molar-refractivity contribution < 1.29 is 9.84 Å². The van der Waals surface area contributed by atoms with Crippen LogP contribution in [0.2, 0.25) is 0 Å². The van der Waals surface area contributed by atoms with Gasteiger partial charge in [0.2, 0.25) is 5.95 Å². The molecule has 0 unspecified atom stereocenters. The highest BCUT2D eigenvalue weighted by atomic mass is 16.5. The molecule has 124 valence electrons. The van der Waals surface area contributed by atoms with Crippen LogP contribution in [0.3, 0.4) is 0 Å². The van der Waals surface area contributed by atoms with Crippen LogP contribution in [0, 0.1) is 12.8 Å². The average molecular weight is 315 g/mol. The monoisotopic (exact) mass is 315 g/mol. The molecule has 0 bridgehead atoms. The number of aryl methyl sites for hydroxylation is 1. The lowest BCUT2D eigenvalue weighted by molar-refractivity contribution is 0.263. The van der Waals surface area contributed by atoms with E-state index in [9.17, 15) is 0 Å². The van der Waals surface area contributed by atoms with Crippen LogP contribution in [-0.4, -0.2) is 41.9 Å². The van der Waals surface area contributed by atoms with Gasteiger partial charge >= 0.3 is 0 Å². The molecule has 0 spiro atoms. The number of hydrogen-bond acceptors (Lipinski definition) is 5. The van der Waals surface area contributed by atoms with Crippen LogP contribution in [0.4, 0.5) is 5.95 Å². The maximum atomic E-state index is 9.03. The second-order valence-corrected chi connectivity index (χ2v) is 6.31. The van der Waals surface area contributed by atoms with Gasteiger partial charge in [-0.2, -0.15) is 0 Å². The Morgan fingerprint density at radius 1 is 1.35 bits per heavy atom. The first-order chi connectivity index (χ1) is 11.2. The van der Waals surface area contributed by atoms with Crippen LogP contribution in [0.5, 0.6) is 5.75 Å². The molecule has 0 saturated carbocycles. The average Bonchev–Trinajstić information content (AvgIpc) is 2.59. The third-order valence-corrected chi connectivity index (χ3v) is 4.66. The highest BCUT2D eigenvalue weighted by Gasteiger charge is 2.22. The molecule has 1 aliphatic heterocycles. The second-order valence-electron chi connectivity index (χ2n) is 6.31. The maximum Gasteiger partial charge on any atom is 0.226 e. The van der Waals surface area contributed by atoms with Crippen LogP contribution in [0.15, 0.2) is 18.2 Å². The molecule has 1 atom stereocenters. The number of hydrogen-bond donors (Lipinski definition) is 1. The number of aromatic nitrogens is 2. The van der Waals surface area contributed by atoms with Crippen molar-refractivity contribution in [1.29, 1.82) is 0 Å². The van der Waals surface area contributed by atoms with E-state index in [2.05, 4.69) is 4.90 Å². The zero-order chi connectivity index (χ0) is 16.2. The number of piperidine rings is 1. The van der Waals surface area contributed by atoms with Crippen molar-refractivity contribution in [3.63, 3.8) is 0 Å². The molecule has 0 aliphatic carbocycles. The van der Waals surface area contributed by atoms with E-state index in [-0.39, 0.29) is 6.61 Å². The Bertz CT molecular complexity index is 675. The topological polar surface area (TPSA) is 58.5 Å². The third kappa shape index (κ3) is 3.55. The molecule has 1 aromatic carbocycles. The summed E-state index contributed by atoms with van der Waals surface area (Å²) in [7, 11) is 1.67. The number of fused-ring (bicyclic) bond motifs is 1. The smallest absolute Gasteiger partial charge is 0.226 e. The van der Waals surface area contributed by atoms with Crippen molar-refractivity contribution in [2.24, 2.45) is 5.92 Å². The fraction of sp³-hybridized carbons (Fsp3) is 0.556. The number of aliphatic hydroxyl groups is 1. The van der Waals surface area contributed by atoms with E-state index in [0.717, 1.165) is 60.6 Å². The fourth-order valence-electron chi connectivity index (χ4n) is 3.38. The summed E-state index contributed by atoms with van der Waals surface area (Å²) in [5.41, 5.74) is 1.94. The Labute approximate surface area is 137 Å². The first-order valence-corrected chi connectivity index (χ1v) is 8.39. The van der Waals surface area contributed by atoms with E-state index < -0.39 is 0 Å². The quantitative estimate of drug-likeness (QED) is 0.919. The van der Waals surface area contributed by atoms with Gasteiger partial charge in [-0.05, 0) is 50.7 Å². The Morgan fingerprint density at radius 2 is 2.22 bits per heavy atom. The summed E-state index contributed by atoms with van der Waals surface area (Å²) in [5.74, 6) is 2.26. The zero-order valence-corrected chi connectivity index (χ0v) is 14.0. The highest BCUT2D eigenvalue weighted by molar-refractivity contribution is 5.83. The van der Waals surface area contributed by atoms with Gasteiger partial charge in [-0.25, -0.2) is 9.97 Å². The molecule has 1 saturated heterocycles.